The van der Waals surface area contributed by atoms with E-state index in [9.17, 15) is 0 Å². The molecule has 0 spiro atoms. The first kappa shape index (κ1) is 7.49. The van der Waals surface area contributed by atoms with E-state index in [2.05, 4.69) is 21.4 Å². The lowest BCUT2D eigenvalue weighted by molar-refractivity contribution is 1.28. The maximum absolute atomic E-state index is 4.27. The Morgan fingerprint density at radius 1 is 1.50 bits per heavy atom. The average molecular weight is 179 g/mol. The van der Waals surface area contributed by atoms with E-state index in [0.717, 1.165) is 15.5 Å². The lowest BCUT2D eigenvalue weighted by Gasteiger charge is -1.87. The number of fused-ring (bicyclic) bond motifs is 1. The van der Waals surface area contributed by atoms with Crippen molar-refractivity contribution in [1.82, 2.24) is 9.97 Å². The van der Waals surface area contributed by atoms with Gasteiger partial charge in [-0.2, -0.15) is 0 Å². The second-order valence-electron chi connectivity index (χ2n) is 2.60. The predicted octanol–water partition coefficient (Wildman–Crippen LogP) is 2.04. The molecule has 12 heavy (non-hydrogen) atoms. The molecule has 0 bridgehead atoms. The maximum atomic E-state index is 4.27. The number of hydrogen-bond acceptors (Lipinski definition) is 4. The summed E-state index contributed by atoms with van der Waals surface area (Å²) in [5, 5.41) is 3.92. The fourth-order valence-corrected chi connectivity index (χ4v) is 1.90. The van der Waals surface area contributed by atoms with Crippen LogP contribution in [0.5, 0.6) is 0 Å². The van der Waals surface area contributed by atoms with Crippen LogP contribution in [0.2, 0.25) is 0 Å². The second-order valence-corrected chi connectivity index (χ2v) is 3.63. The third-order valence-corrected chi connectivity index (χ3v) is 2.61. The molecule has 0 atom stereocenters. The highest BCUT2D eigenvalue weighted by atomic mass is 32.1. The molecule has 62 valence electrons. The van der Waals surface area contributed by atoms with Gasteiger partial charge in [-0.3, -0.25) is 0 Å². The number of aromatic nitrogens is 2. The Kier molecular flexibility index (Phi) is 1.69. The molecule has 0 fully saturated rings. The Hall–Kier alpha value is -1.16. The quantitative estimate of drug-likeness (QED) is 0.728. The van der Waals surface area contributed by atoms with Crippen molar-refractivity contribution in [2.45, 2.75) is 6.92 Å². The van der Waals surface area contributed by atoms with Gasteiger partial charge in [0.05, 0.1) is 4.70 Å². The standard InChI is InChI=1S/C8H9N3S/c1-5-3-6-7(10-4-5)11-8(9-2)12-6/h3-4H,1-2H3,(H,9,10,11). The minimum absolute atomic E-state index is 0.829. The minimum Gasteiger partial charge on any atom is -0.365 e. The van der Waals surface area contributed by atoms with Crippen LogP contribution >= 0.6 is 11.3 Å². The fraction of sp³-hybridized carbons (Fsp3) is 0.250. The molecule has 0 aliphatic rings. The van der Waals surface area contributed by atoms with Gasteiger partial charge in [0.15, 0.2) is 10.8 Å². The molecule has 0 saturated carbocycles. The van der Waals surface area contributed by atoms with Crippen LogP contribution < -0.4 is 5.32 Å². The molecular weight excluding hydrogens is 170 g/mol. The van der Waals surface area contributed by atoms with E-state index in [-0.39, 0.29) is 0 Å². The van der Waals surface area contributed by atoms with Crippen LogP contribution in [0.1, 0.15) is 5.56 Å². The molecule has 2 aromatic rings. The highest BCUT2D eigenvalue weighted by Crippen LogP contribution is 2.24. The van der Waals surface area contributed by atoms with Gasteiger partial charge in [-0.05, 0) is 18.6 Å². The highest BCUT2D eigenvalue weighted by molar-refractivity contribution is 7.22. The number of thiazole rings is 1. The van der Waals surface area contributed by atoms with Crippen molar-refractivity contribution < 1.29 is 0 Å². The Balaban J connectivity index is 2.67. The van der Waals surface area contributed by atoms with E-state index in [1.807, 2.05) is 20.2 Å². The lowest BCUT2D eigenvalue weighted by atomic mass is 10.3. The minimum atomic E-state index is 0.829. The lowest BCUT2D eigenvalue weighted by Crippen LogP contribution is -1.84. The molecule has 0 aliphatic heterocycles. The zero-order chi connectivity index (χ0) is 8.55. The van der Waals surface area contributed by atoms with Crippen molar-refractivity contribution in [1.29, 1.82) is 0 Å². The highest BCUT2D eigenvalue weighted by Gasteiger charge is 2.01. The average Bonchev–Trinajstić information content (AvgIpc) is 2.46. The van der Waals surface area contributed by atoms with Crippen LogP contribution in [0.3, 0.4) is 0 Å². The van der Waals surface area contributed by atoms with Crippen LogP contribution in [-0.4, -0.2) is 17.0 Å². The van der Waals surface area contributed by atoms with Gasteiger partial charge in [-0.25, -0.2) is 9.97 Å². The van der Waals surface area contributed by atoms with E-state index in [4.69, 9.17) is 0 Å². The smallest absolute Gasteiger partial charge is 0.185 e. The predicted molar refractivity (Wildman–Crippen MR) is 51.7 cm³/mol. The molecule has 2 rings (SSSR count). The topological polar surface area (TPSA) is 37.8 Å². The molecule has 4 heteroatoms. The summed E-state index contributed by atoms with van der Waals surface area (Å²) in [4.78, 5) is 8.48. The molecule has 2 heterocycles. The summed E-state index contributed by atoms with van der Waals surface area (Å²) in [6.07, 6.45) is 1.83. The Bertz CT molecular complexity index is 408. The van der Waals surface area contributed by atoms with E-state index in [0.29, 0.717) is 0 Å². The van der Waals surface area contributed by atoms with Crippen LogP contribution in [0.15, 0.2) is 12.3 Å². The first-order valence-corrected chi connectivity index (χ1v) is 4.52. The largest absolute Gasteiger partial charge is 0.365 e. The fourth-order valence-electron chi connectivity index (χ4n) is 1.02. The molecule has 0 radical (unpaired) electrons. The van der Waals surface area contributed by atoms with Crippen molar-refractivity contribution in [3.8, 4) is 0 Å². The van der Waals surface area contributed by atoms with E-state index < -0.39 is 0 Å². The zero-order valence-corrected chi connectivity index (χ0v) is 7.77. The molecular formula is C8H9N3S. The Morgan fingerprint density at radius 2 is 2.33 bits per heavy atom. The zero-order valence-electron chi connectivity index (χ0n) is 6.96. The molecule has 0 unspecified atom stereocenters. The van der Waals surface area contributed by atoms with Gasteiger partial charge in [0.1, 0.15) is 0 Å². The number of nitrogens with one attached hydrogen (secondary N) is 1. The summed E-state index contributed by atoms with van der Waals surface area (Å²) < 4.78 is 1.14. The van der Waals surface area contributed by atoms with Crippen molar-refractivity contribution in [2.24, 2.45) is 0 Å². The maximum Gasteiger partial charge on any atom is 0.185 e. The van der Waals surface area contributed by atoms with Crippen molar-refractivity contribution in [3.05, 3.63) is 17.8 Å². The third kappa shape index (κ3) is 1.14. The number of nitrogens with zero attached hydrogens (tertiary/aromatic N) is 2. The molecule has 3 nitrogen and oxygen atoms in total. The summed E-state index contributed by atoms with van der Waals surface area (Å²) >= 11 is 1.63. The first-order chi connectivity index (χ1) is 5.79. The van der Waals surface area contributed by atoms with E-state index in [1.165, 1.54) is 5.56 Å². The summed E-state index contributed by atoms with van der Waals surface area (Å²) in [6, 6.07) is 2.10. The number of pyridine rings is 1. The molecule has 0 aromatic carbocycles. The number of hydrogen-bond donors (Lipinski definition) is 1. The molecule has 0 aliphatic carbocycles. The summed E-state index contributed by atoms with van der Waals surface area (Å²) in [7, 11) is 1.87. The van der Waals surface area contributed by atoms with Crippen molar-refractivity contribution in [3.63, 3.8) is 0 Å². The number of aryl methyl sites for hydroxylation is 1. The number of rotatable bonds is 1. The van der Waals surface area contributed by atoms with E-state index >= 15 is 0 Å². The van der Waals surface area contributed by atoms with Gasteiger partial charge in [0.2, 0.25) is 0 Å². The van der Waals surface area contributed by atoms with Gasteiger partial charge >= 0.3 is 0 Å². The molecule has 0 amide bonds. The van der Waals surface area contributed by atoms with Gasteiger partial charge < -0.3 is 5.32 Å². The van der Waals surface area contributed by atoms with Crippen molar-refractivity contribution >= 4 is 26.8 Å². The number of anilines is 1. The third-order valence-electron chi connectivity index (χ3n) is 1.60. The summed E-state index contributed by atoms with van der Waals surface area (Å²) in [6.45, 7) is 2.03. The van der Waals surface area contributed by atoms with Crippen LogP contribution in [0, 0.1) is 6.92 Å². The van der Waals surface area contributed by atoms with Gasteiger partial charge in [0.25, 0.3) is 0 Å². The monoisotopic (exact) mass is 179 g/mol. The van der Waals surface area contributed by atoms with Gasteiger partial charge in [-0.15, -0.1) is 0 Å². The molecule has 0 saturated heterocycles. The van der Waals surface area contributed by atoms with E-state index in [1.54, 1.807) is 11.3 Å². The van der Waals surface area contributed by atoms with Gasteiger partial charge in [-0.1, -0.05) is 11.3 Å². The second kappa shape index (κ2) is 2.71. The van der Waals surface area contributed by atoms with Crippen LogP contribution in [-0.2, 0) is 0 Å². The molecule has 1 N–H and O–H groups in total. The summed E-state index contributed by atoms with van der Waals surface area (Å²) in [5.41, 5.74) is 2.00. The normalized spacial score (nSPS) is 10.5. The van der Waals surface area contributed by atoms with Crippen LogP contribution in [0.4, 0.5) is 5.13 Å². The SMILES string of the molecule is CNc1nc2ncc(C)cc2s1. The molecule has 2 aromatic heterocycles. The Labute approximate surface area is 74.5 Å². The summed E-state index contributed by atoms with van der Waals surface area (Å²) in [5.74, 6) is 0. The first-order valence-electron chi connectivity index (χ1n) is 3.70. The Morgan fingerprint density at radius 3 is 3.08 bits per heavy atom. The van der Waals surface area contributed by atoms with Crippen molar-refractivity contribution in [2.75, 3.05) is 12.4 Å². The van der Waals surface area contributed by atoms with Gasteiger partial charge in [0, 0.05) is 13.2 Å². The van der Waals surface area contributed by atoms with Crippen LogP contribution in [0.25, 0.3) is 10.3 Å².